The van der Waals surface area contributed by atoms with Crippen molar-refractivity contribution in [1.82, 2.24) is 0 Å². The second kappa shape index (κ2) is 7.43. The van der Waals surface area contributed by atoms with Gasteiger partial charge in [-0.1, -0.05) is 53.2 Å². The number of hydrogen-bond donors (Lipinski definition) is 2. The van der Waals surface area contributed by atoms with Crippen LogP contribution in [0.4, 0.5) is 11.4 Å². The number of fused-ring (bicyclic) bond motifs is 1. The topological polar surface area (TPSA) is 67.4 Å². The SMILES string of the molecule is COC(=O)[C@H]1C(=O)C2=C(C[C@@H]1C)Nc1ccccc1N[C@H]2c1ccccc1Br. The number of nitrogens with one attached hydrogen (secondary N) is 2. The molecule has 0 fully saturated rings. The molecule has 28 heavy (non-hydrogen) atoms. The van der Waals surface area contributed by atoms with Crippen LogP contribution in [0.2, 0.25) is 0 Å². The number of rotatable bonds is 2. The number of carbonyl (C=O) groups is 2. The Morgan fingerprint density at radius 3 is 2.50 bits per heavy atom. The maximum atomic E-state index is 13.5. The van der Waals surface area contributed by atoms with Crippen molar-refractivity contribution in [3.05, 3.63) is 69.8 Å². The van der Waals surface area contributed by atoms with E-state index in [-0.39, 0.29) is 17.7 Å². The first-order chi connectivity index (χ1) is 13.5. The molecule has 2 N–H and O–H groups in total. The molecule has 1 aliphatic carbocycles. The van der Waals surface area contributed by atoms with E-state index in [1.54, 1.807) is 0 Å². The van der Waals surface area contributed by atoms with Crippen LogP contribution in [0, 0.1) is 11.8 Å². The van der Waals surface area contributed by atoms with E-state index in [1.807, 2.05) is 55.5 Å². The minimum absolute atomic E-state index is 0.142. The van der Waals surface area contributed by atoms with E-state index in [0.717, 1.165) is 27.1 Å². The lowest BCUT2D eigenvalue weighted by molar-refractivity contribution is -0.151. The molecule has 0 aromatic heterocycles. The van der Waals surface area contributed by atoms with Gasteiger partial charge in [-0.05, 0) is 36.1 Å². The van der Waals surface area contributed by atoms with Gasteiger partial charge in [0.1, 0.15) is 5.92 Å². The van der Waals surface area contributed by atoms with Crippen LogP contribution < -0.4 is 10.6 Å². The molecule has 0 unspecified atom stereocenters. The van der Waals surface area contributed by atoms with Gasteiger partial charge in [-0.2, -0.15) is 0 Å². The normalized spacial score (nSPS) is 23.7. The highest BCUT2D eigenvalue weighted by atomic mass is 79.9. The molecule has 1 heterocycles. The maximum Gasteiger partial charge on any atom is 0.316 e. The van der Waals surface area contributed by atoms with Gasteiger partial charge in [0.2, 0.25) is 0 Å². The van der Waals surface area contributed by atoms with Crippen LogP contribution in [0.25, 0.3) is 0 Å². The number of ether oxygens (including phenoxy) is 1. The number of ketones is 1. The zero-order valence-electron chi connectivity index (χ0n) is 15.7. The van der Waals surface area contributed by atoms with Gasteiger partial charge in [0, 0.05) is 15.7 Å². The summed E-state index contributed by atoms with van der Waals surface area (Å²) in [7, 11) is 1.33. The molecule has 6 heteroatoms. The fraction of sp³-hybridized carbons (Fsp3) is 0.273. The first kappa shape index (κ1) is 18.7. The zero-order chi connectivity index (χ0) is 19.8. The third-order valence-corrected chi connectivity index (χ3v) is 6.16. The Morgan fingerprint density at radius 1 is 1.11 bits per heavy atom. The van der Waals surface area contributed by atoms with Gasteiger partial charge in [0.25, 0.3) is 0 Å². The number of halogens is 1. The number of anilines is 2. The second-order valence-corrected chi connectivity index (χ2v) is 8.06. The van der Waals surface area contributed by atoms with Crippen LogP contribution in [0.3, 0.4) is 0 Å². The van der Waals surface area contributed by atoms with Gasteiger partial charge < -0.3 is 15.4 Å². The van der Waals surface area contributed by atoms with E-state index in [2.05, 4.69) is 26.6 Å². The van der Waals surface area contributed by atoms with Gasteiger partial charge in [-0.15, -0.1) is 0 Å². The largest absolute Gasteiger partial charge is 0.468 e. The summed E-state index contributed by atoms with van der Waals surface area (Å²) in [5, 5.41) is 6.96. The lowest BCUT2D eigenvalue weighted by atomic mass is 9.75. The van der Waals surface area contributed by atoms with Crippen LogP contribution in [0.1, 0.15) is 24.9 Å². The van der Waals surface area contributed by atoms with E-state index in [4.69, 9.17) is 4.74 Å². The number of Topliss-reactive ketones (excluding diaryl/α,β-unsaturated/α-hetero) is 1. The summed E-state index contributed by atoms with van der Waals surface area (Å²) in [6, 6.07) is 15.3. The molecule has 0 bridgehead atoms. The minimum atomic E-state index is -0.793. The Kier molecular flexibility index (Phi) is 4.98. The van der Waals surface area contributed by atoms with E-state index in [1.165, 1.54) is 7.11 Å². The fourth-order valence-corrected chi connectivity index (χ4v) is 4.59. The summed E-state index contributed by atoms with van der Waals surface area (Å²) < 4.78 is 5.84. The average molecular weight is 441 g/mol. The van der Waals surface area contributed by atoms with Crippen LogP contribution in [-0.4, -0.2) is 18.9 Å². The molecule has 4 rings (SSSR count). The van der Waals surface area contributed by atoms with E-state index < -0.39 is 11.9 Å². The third-order valence-electron chi connectivity index (χ3n) is 5.44. The zero-order valence-corrected chi connectivity index (χ0v) is 17.2. The maximum absolute atomic E-state index is 13.5. The highest BCUT2D eigenvalue weighted by molar-refractivity contribution is 9.10. The van der Waals surface area contributed by atoms with Gasteiger partial charge in [-0.3, -0.25) is 9.59 Å². The second-order valence-electron chi connectivity index (χ2n) is 7.21. The van der Waals surface area contributed by atoms with Crippen molar-refractivity contribution in [2.24, 2.45) is 11.8 Å². The molecular formula is C22H21BrN2O3. The summed E-state index contributed by atoms with van der Waals surface area (Å²) in [5.41, 5.74) is 4.22. The van der Waals surface area contributed by atoms with Crippen LogP contribution >= 0.6 is 15.9 Å². The molecule has 0 spiro atoms. The lowest BCUT2D eigenvalue weighted by Gasteiger charge is -2.32. The molecule has 0 saturated heterocycles. The summed E-state index contributed by atoms with van der Waals surface area (Å²) in [4.78, 5) is 25.9. The number of carbonyl (C=O) groups excluding carboxylic acids is 2. The molecule has 0 radical (unpaired) electrons. The quantitative estimate of drug-likeness (QED) is 0.524. The third kappa shape index (κ3) is 3.11. The smallest absolute Gasteiger partial charge is 0.316 e. The van der Waals surface area contributed by atoms with E-state index in [9.17, 15) is 9.59 Å². The highest BCUT2D eigenvalue weighted by Crippen LogP contribution is 2.44. The first-order valence-corrected chi connectivity index (χ1v) is 10.0. The molecule has 1 aliphatic heterocycles. The van der Waals surface area contributed by atoms with Crippen LogP contribution in [-0.2, 0) is 14.3 Å². The summed E-state index contributed by atoms with van der Waals surface area (Å²) >= 11 is 3.62. The van der Waals surface area contributed by atoms with Crippen LogP contribution in [0.5, 0.6) is 0 Å². The highest BCUT2D eigenvalue weighted by Gasteiger charge is 2.44. The van der Waals surface area contributed by atoms with Crippen molar-refractivity contribution in [3.63, 3.8) is 0 Å². The molecule has 3 atom stereocenters. The van der Waals surface area contributed by atoms with Crippen molar-refractivity contribution < 1.29 is 14.3 Å². The number of esters is 1. The average Bonchev–Trinajstić information content (AvgIpc) is 2.84. The van der Waals surface area contributed by atoms with E-state index >= 15 is 0 Å². The standard InChI is InChI=1S/C22H21BrN2O3/c1-12-11-17-19(21(26)18(12)22(27)28-2)20(13-7-3-4-8-14(13)23)25-16-10-6-5-9-15(16)24-17/h3-10,12,18,20,24-25H,11H2,1-2H3/t12-,18+,20-/m0/s1. The Hall–Kier alpha value is -2.60. The number of para-hydroxylation sites is 2. The molecule has 2 aromatic carbocycles. The van der Waals surface area contributed by atoms with Crippen LogP contribution in [0.15, 0.2) is 64.3 Å². The summed E-state index contributed by atoms with van der Waals surface area (Å²) in [6.07, 6.45) is 0.595. The molecule has 2 aliphatic rings. The lowest BCUT2D eigenvalue weighted by Crippen LogP contribution is -2.39. The monoisotopic (exact) mass is 440 g/mol. The number of allylic oxidation sites excluding steroid dienone is 1. The minimum Gasteiger partial charge on any atom is -0.468 e. The molecular weight excluding hydrogens is 420 g/mol. The fourth-order valence-electron chi connectivity index (χ4n) is 4.08. The molecule has 2 aromatic rings. The first-order valence-electron chi connectivity index (χ1n) is 9.23. The predicted molar refractivity (Wildman–Crippen MR) is 112 cm³/mol. The molecule has 144 valence electrons. The molecule has 5 nitrogen and oxygen atoms in total. The number of methoxy groups -OCH3 is 1. The van der Waals surface area contributed by atoms with Crippen molar-refractivity contribution in [2.45, 2.75) is 19.4 Å². The van der Waals surface area contributed by atoms with Gasteiger partial charge in [0.15, 0.2) is 5.78 Å². The van der Waals surface area contributed by atoms with Crippen molar-refractivity contribution >= 4 is 39.1 Å². The predicted octanol–water partition coefficient (Wildman–Crippen LogP) is 4.68. The summed E-state index contributed by atoms with van der Waals surface area (Å²) in [5.74, 6) is -1.60. The van der Waals surface area contributed by atoms with Crippen molar-refractivity contribution in [1.29, 1.82) is 0 Å². The summed E-state index contributed by atoms with van der Waals surface area (Å²) in [6.45, 7) is 1.92. The van der Waals surface area contributed by atoms with Crippen molar-refractivity contribution in [3.8, 4) is 0 Å². The van der Waals surface area contributed by atoms with Gasteiger partial charge in [-0.25, -0.2) is 0 Å². The molecule has 0 saturated carbocycles. The Morgan fingerprint density at radius 2 is 1.79 bits per heavy atom. The van der Waals surface area contributed by atoms with Crippen molar-refractivity contribution in [2.75, 3.05) is 17.7 Å². The van der Waals surface area contributed by atoms with Gasteiger partial charge in [0.05, 0.1) is 24.5 Å². The molecule has 0 amide bonds. The number of hydrogen-bond acceptors (Lipinski definition) is 5. The van der Waals surface area contributed by atoms with E-state index in [0.29, 0.717) is 12.0 Å². The Balaban J connectivity index is 1.90. The Bertz CT molecular complexity index is 985. The Labute approximate surface area is 172 Å². The van der Waals surface area contributed by atoms with Gasteiger partial charge >= 0.3 is 5.97 Å². The number of benzene rings is 2.